The molecule has 0 saturated carbocycles. The monoisotopic (exact) mass is 330 g/mol. The highest BCUT2D eigenvalue weighted by Gasteiger charge is 2.18. The van der Waals surface area contributed by atoms with Crippen LogP contribution in [0.2, 0.25) is 0 Å². The Morgan fingerprint density at radius 1 is 1.53 bits per heavy atom. The molecule has 0 fully saturated rings. The SMILES string of the molecule is C=CCC(NC(=O)Nc1ccc(Br)c(F)c1)C(=O)O. The Bertz CT molecular complexity index is 508. The summed E-state index contributed by atoms with van der Waals surface area (Å²) in [6.45, 7) is 3.41. The predicted octanol–water partition coefficient (Wildman–Crippen LogP) is 2.74. The van der Waals surface area contributed by atoms with E-state index in [1.54, 1.807) is 0 Å². The maximum Gasteiger partial charge on any atom is 0.326 e. The Morgan fingerprint density at radius 3 is 2.74 bits per heavy atom. The van der Waals surface area contributed by atoms with E-state index in [1.807, 2.05) is 0 Å². The van der Waals surface area contributed by atoms with Gasteiger partial charge < -0.3 is 15.7 Å². The molecule has 0 aromatic heterocycles. The number of hydrogen-bond acceptors (Lipinski definition) is 2. The molecule has 5 nitrogen and oxygen atoms in total. The van der Waals surface area contributed by atoms with Gasteiger partial charge in [0.05, 0.1) is 4.47 Å². The molecule has 0 aliphatic heterocycles. The average molecular weight is 331 g/mol. The van der Waals surface area contributed by atoms with Crippen LogP contribution in [0.25, 0.3) is 0 Å². The molecule has 1 atom stereocenters. The van der Waals surface area contributed by atoms with E-state index in [4.69, 9.17) is 5.11 Å². The quantitative estimate of drug-likeness (QED) is 0.726. The number of carbonyl (C=O) groups is 2. The zero-order chi connectivity index (χ0) is 14.4. The molecule has 0 radical (unpaired) electrons. The fraction of sp³-hybridized carbons (Fsp3) is 0.167. The molecule has 1 aromatic rings. The Kier molecular flexibility index (Phi) is 5.50. The number of amides is 2. The Labute approximate surface area is 117 Å². The van der Waals surface area contributed by atoms with E-state index in [9.17, 15) is 14.0 Å². The molecule has 1 aromatic carbocycles. The fourth-order valence-corrected chi connectivity index (χ4v) is 1.53. The van der Waals surface area contributed by atoms with Crippen LogP contribution in [0, 0.1) is 5.82 Å². The van der Waals surface area contributed by atoms with Gasteiger partial charge in [-0.1, -0.05) is 6.08 Å². The van der Waals surface area contributed by atoms with Gasteiger partial charge in [0.25, 0.3) is 0 Å². The normalized spacial score (nSPS) is 11.5. The second-order valence-electron chi connectivity index (χ2n) is 3.64. The van der Waals surface area contributed by atoms with Gasteiger partial charge in [0, 0.05) is 5.69 Å². The van der Waals surface area contributed by atoms with Crippen molar-refractivity contribution in [3.8, 4) is 0 Å². The van der Waals surface area contributed by atoms with Crippen molar-refractivity contribution in [2.75, 3.05) is 5.32 Å². The largest absolute Gasteiger partial charge is 0.480 e. The number of carboxylic acid groups (broad SMARTS) is 1. The number of anilines is 1. The zero-order valence-corrected chi connectivity index (χ0v) is 11.4. The summed E-state index contributed by atoms with van der Waals surface area (Å²) in [5, 5.41) is 13.4. The van der Waals surface area contributed by atoms with Crippen LogP contribution in [0.1, 0.15) is 6.42 Å². The van der Waals surface area contributed by atoms with E-state index >= 15 is 0 Å². The summed E-state index contributed by atoms with van der Waals surface area (Å²) in [6, 6.07) is 2.24. The molecule has 0 heterocycles. The molecule has 2 amide bonds. The minimum absolute atomic E-state index is 0.0947. The summed E-state index contributed by atoms with van der Waals surface area (Å²) in [4.78, 5) is 22.4. The van der Waals surface area contributed by atoms with Crippen molar-refractivity contribution in [2.24, 2.45) is 0 Å². The summed E-state index contributed by atoms with van der Waals surface area (Å²) in [5.74, 6) is -1.70. The lowest BCUT2D eigenvalue weighted by Crippen LogP contribution is -2.42. The van der Waals surface area contributed by atoms with Gasteiger partial charge in [-0.25, -0.2) is 14.0 Å². The standard InChI is InChI=1S/C12H12BrFN2O3/c1-2-3-10(11(17)18)16-12(19)15-7-4-5-8(13)9(14)6-7/h2,4-6,10H,1,3H2,(H,17,18)(H2,15,16,19). The van der Waals surface area contributed by atoms with Gasteiger partial charge in [-0.3, -0.25) is 0 Å². The smallest absolute Gasteiger partial charge is 0.326 e. The van der Waals surface area contributed by atoms with E-state index in [1.165, 1.54) is 18.2 Å². The number of hydrogen-bond donors (Lipinski definition) is 3. The lowest BCUT2D eigenvalue weighted by Gasteiger charge is -2.13. The van der Waals surface area contributed by atoms with E-state index in [0.29, 0.717) is 0 Å². The number of carbonyl (C=O) groups excluding carboxylic acids is 1. The molecule has 7 heteroatoms. The van der Waals surface area contributed by atoms with Gasteiger partial charge in [0.2, 0.25) is 0 Å². The van der Waals surface area contributed by atoms with Crippen LogP contribution in [0.4, 0.5) is 14.9 Å². The number of aliphatic carboxylic acids is 1. The Morgan fingerprint density at radius 2 is 2.21 bits per heavy atom. The molecule has 1 unspecified atom stereocenters. The van der Waals surface area contributed by atoms with Crippen molar-refractivity contribution in [1.82, 2.24) is 5.32 Å². The maximum absolute atomic E-state index is 13.2. The van der Waals surface area contributed by atoms with Crippen LogP contribution >= 0.6 is 15.9 Å². The molecular weight excluding hydrogens is 319 g/mol. The highest BCUT2D eigenvalue weighted by Crippen LogP contribution is 2.19. The zero-order valence-electron chi connectivity index (χ0n) is 9.82. The van der Waals surface area contributed by atoms with E-state index in [0.717, 1.165) is 6.07 Å². The minimum Gasteiger partial charge on any atom is -0.480 e. The number of halogens is 2. The highest BCUT2D eigenvalue weighted by atomic mass is 79.9. The lowest BCUT2D eigenvalue weighted by molar-refractivity contribution is -0.139. The van der Waals surface area contributed by atoms with Crippen molar-refractivity contribution in [2.45, 2.75) is 12.5 Å². The van der Waals surface area contributed by atoms with Crippen LogP contribution in [-0.4, -0.2) is 23.1 Å². The first-order valence-corrected chi connectivity index (χ1v) is 6.09. The molecule has 0 aliphatic rings. The summed E-state index contributed by atoms with van der Waals surface area (Å²) in [6.07, 6.45) is 1.48. The summed E-state index contributed by atoms with van der Waals surface area (Å²) < 4.78 is 13.5. The van der Waals surface area contributed by atoms with Crippen molar-refractivity contribution >= 4 is 33.6 Å². The Hall–Kier alpha value is -1.89. The minimum atomic E-state index is -1.17. The Balaban J connectivity index is 2.65. The second-order valence-corrected chi connectivity index (χ2v) is 4.50. The van der Waals surface area contributed by atoms with Crippen molar-refractivity contribution < 1.29 is 19.1 Å². The number of benzene rings is 1. The van der Waals surface area contributed by atoms with Gasteiger partial charge in [-0.15, -0.1) is 6.58 Å². The number of carboxylic acids is 1. The first kappa shape index (κ1) is 15.2. The molecular formula is C12H12BrFN2O3. The summed E-state index contributed by atoms with van der Waals surface area (Å²) >= 11 is 2.98. The van der Waals surface area contributed by atoms with E-state index < -0.39 is 23.9 Å². The van der Waals surface area contributed by atoms with E-state index in [-0.39, 0.29) is 16.6 Å². The number of rotatable bonds is 5. The lowest BCUT2D eigenvalue weighted by atomic mass is 10.2. The van der Waals surface area contributed by atoms with E-state index in [2.05, 4.69) is 33.1 Å². The highest BCUT2D eigenvalue weighted by molar-refractivity contribution is 9.10. The molecule has 0 spiro atoms. The summed E-state index contributed by atoms with van der Waals surface area (Å²) in [5.41, 5.74) is 0.223. The third-order valence-electron chi connectivity index (χ3n) is 2.18. The third kappa shape index (κ3) is 4.70. The predicted molar refractivity (Wildman–Crippen MR) is 72.5 cm³/mol. The average Bonchev–Trinajstić information content (AvgIpc) is 2.33. The molecule has 1 rings (SSSR count). The maximum atomic E-state index is 13.2. The molecule has 0 bridgehead atoms. The first-order chi connectivity index (χ1) is 8.93. The van der Waals surface area contributed by atoms with Crippen molar-refractivity contribution in [3.63, 3.8) is 0 Å². The van der Waals surface area contributed by atoms with Crippen LogP contribution in [0.5, 0.6) is 0 Å². The molecule has 3 N–H and O–H groups in total. The molecule has 0 aliphatic carbocycles. The molecule has 19 heavy (non-hydrogen) atoms. The van der Waals surface area contributed by atoms with Crippen LogP contribution < -0.4 is 10.6 Å². The van der Waals surface area contributed by atoms with Crippen LogP contribution in [-0.2, 0) is 4.79 Å². The van der Waals surface area contributed by atoms with Crippen molar-refractivity contribution in [3.05, 3.63) is 41.1 Å². The molecule has 102 valence electrons. The van der Waals surface area contributed by atoms with Crippen molar-refractivity contribution in [1.29, 1.82) is 0 Å². The molecule has 0 saturated heterocycles. The van der Waals surface area contributed by atoms with Gasteiger partial charge in [0.1, 0.15) is 11.9 Å². The second kappa shape index (κ2) is 6.89. The topological polar surface area (TPSA) is 78.4 Å². The number of nitrogens with one attached hydrogen (secondary N) is 2. The summed E-state index contributed by atoms with van der Waals surface area (Å²) in [7, 11) is 0. The number of urea groups is 1. The fourth-order valence-electron chi connectivity index (χ4n) is 1.29. The van der Waals surface area contributed by atoms with Gasteiger partial charge in [-0.05, 0) is 40.5 Å². The van der Waals surface area contributed by atoms with Crippen LogP contribution in [0.15, 0.2) is 35.3 Å². The first-order valence-electron chi connectivity index (χ1n) is 5.30. The third-order valence-corrected chi connectivity index (χ3v) is 2.83. The van der Waals surface area contributed by atoms with Gasteiger partial charge in [-0.2, -0.15) is 0 Å². The van der Waals surface area contributed by atoms with Gasteiger partial charge in [0.15, 0.2) is 0 Å². The van der Waals surface area contributed by atoms with Crippen LogP contribution in [0.3, 0.4) is 0 Å². The van der Waals surface area contributed by atoms with Gasteiger partial charge >= 0.3 is 12.0 Å².